The smallest absolute Gasteiger partial charge is 0.274 e. The second kappa shape index (κ2) is 5.84. The van der Waals surface area contributed by atoms with Gasteiger partial charge in [-0.1, -0.05) is 13.8 Å². The van der Waals surface area contributed by atoms with Gasteiger partial charge >= 0.3 is 0 Å². The fraction of sp³-hybridized carbons (Fsp3) is 0.538. The third kappa shape index (κ3) is 2.86. The van der Waals surface area contributed by atoms with Crippen molar-refractivity contribution in [3.8, 4) is 6.07 Å². The normalized spacial score (nSPS) is 18.9. The largest absolute Gasteiger partial charge is 0.396 e. The molecule has 1 unspecified atom stereocenters. The molecule has 106 valence electrons. The third-order valence-corrected chi connectivity index (χ3v) is 3.05. The van der Waals surface area contributed by atoms with Crippen LogP contribution in [-0.2, 0) is 4.74 Å². The average molecular weight is 275 g/mol. The molecule has 1 saturated heterocycles. The molecule has 0 aliphatic carbocycles. The monoisotopic (exact) mass is 275 g/mol. The van der Waals surface area contributed by atoms with Crippen molar-refractivity contribution in [2.75, 3.05) is 25.4 Å². The quantitative estimate of drug-likeness (QED) is 0.844. The first-order chi connectivity index (χ1) is 9.52. The molecule has 1 aromatic heterocycles. The van der Waals surface area contributed by atoms with Crippen LogP contribution < -0.4 is 5.73 Å². The van der Waals surface area contributed by atoms with Gasteiger partial charge in [0.2, 0.25) is 0 Å². The van der Waals surface area contributed by atoms with Crippen LogP contribution in [0, 0.1) is 11.3 Å². The molecule has 0 bridgehead atoms. The SMILES string of the molecule is CC(C)c1ncc(N)c(C(=O)N2CCOC(C#N)C2)n1. The number of hydrogen-bond donors (Lipinski definition) is 1. The maximum atomic E-state index is 12.4. The van der Waals surface area contributed by atoms with Gasteiger partial charge in [-0.25, -0.2) is 9.97 Å². The van der Waals surface area contributed by atoms with E-state index in [1.54, 1.807) is 4.90 Å². The predicted molar refractivity (Wildman–Crippen MR) is 71.8 cm³/mol. The average Bonchev–Trinajstić information content (AvgIpc) is 2.46. The van der Waals surface area contributed by atoms with E-state index in [1.165, 1.54) is 6.20 Å². The van der Waals surface area contributed by atoms with Crippen molar-refractivity contribution in [2.24, 2.45) is 0 Å². The Hall–Kier alpha value is -2.20. The zero-order valence-corrected chi connectivity index (χ0v) is 11.5. The Morgan fingerprint density at radius 1 is 1.65 bits per heavy atom. The number of hydrogen-bond acceptors (Lipinski definition) is 6. The van der Waals surface area contributed by atoms with Gasteiger partial charge < -0.3 is 15.4 Å². The standard InChI is InChI=1S/C13H17N5O2/c1-8(2)12-16-6-10(15)11(17-12)13(19)18-3-4-20-9(5-14)7-18/h6,8-9H,3-4,7,15H2,1-2H3. The van der Waals surface area contributed by atoms with Crippen molar-refractivity contribution in [1.29, 1.82) is 5.26 Å². The molecule has 1 aromatic rings. The number of nitrogens with two attached hydrogens (primary N) is 1. The van der Waals surface area contributed by atoms with Crippen molar-refractivity contribution >= 4 is 11.6 Å². The fourth-order valence-electron chi connectivity index (χ4n) is 1.92. The summed E-state index contributed by atoms with van der Waals surface area (Å²) in [7, 11) is 0. The summed E-state index contributed by atoms with van der Waals surface area (Å²) in [5.41, 5.74) is 6.24. The second-order valence-electron chi connectivity index (χ2n) is 4.93. The van der Waals surface area contributed by atoms with Gasteiger partial charge in [0.05, 0.1) is 31.1 Å². The highest BCUT2D eigenvalue weighted by atomic mass is 16.5. The van der Waals surface area contributed by atoms with Gasteiger partial charge in [-0.3, -0.25) is 4.79 Å². The minimum atomic E-state index is -0.597. The molecule has 7 heteroatoms. The minimum absolute atomic E-state index is 0.110. The van der Waals surface area contributed by atoms with Gasteiger partial charge in [0, 0.05) is 12.5 Å². The van der Waals surface area contributed by atoms with Gasteiger partial charge in [-0.2, -0.15) is 5.26 Å². The lowest BCUT2D eigenvalue weighted by molar-refractivity contribution is 0.00323. The highest BCUT2D eigenvalue weighted by Crippen LogP contribution is 2.17. The number of ether oxygens (including phenoxy) is 1. The summed E-state index contributed by atoms with van der Waals surface area (Å²) < 4.78 is 5.22. The van der Waals surface area contributed by atoms with E-state index in [0.717, 1.165) is 0 Å². The first-order valence-corrected chi connectivity index (χ1v) is 6.45. The second-order valence-corrected chi connectivity index (χ2v) is 4.93. The number of nitrogens with zero attached hydrogens (tertiary/aromatic N) is 4. The summed E-state index contributed by atoms with van der Waals surface area (Å²) in [4.78, 5) is 22.3. The molecule has 1 fully saturated rings. The van der Waals surface area contributed by atoms with E-state index in [0.29, 0.717) is 19.0 Å². The van der Waals surface area contributed by atoms with Crippen LogP contribution in [0.25, 0.3) is 0 Å². The Labute approximate surface area is 117 Å². The molecule has 2 N–H and O–H groups in total. The number of nitrogen functional groups attached to an aromatic ring is 1. The summed E-state index contributed by atoms with van der Waals surface area (Å²) in [6.07, 6.45) is 0.859. The van der Waals surface area contributed by atoms with Gasteiger partial charge in [-0.15, -0.1) is 0 Å². The Bertz CT molecular complexity index is 552. The van der Waals surface area contributed by atoms with Crippen LogP contribution in [0.3, 0.4) is 0 Å². The topological polar surface area (TPSA) is 105 Å². The molecular formula is C13H17N5O2. The van der Waals surface area contributed by atoms with E-state index in [2.05, 4.69) is 9.97 Å². The third-order valence-electron chi connectivity index (χ3n) is 3.05. The van der Waals surface area contributed by atoms with Crippen LogP contribution in [0.15, 0.2) is 6.20 Å². The Kier molecular flexibility index (Phi) is 4.15. The Morgan fingerprint density at radius 2 is 2.40 bits per heavy atom. The first-order valence-electron chi connectivity index (χ1n) is 6.45. The molecule has 1 amide bonds. The summed E-state index contributed by atoms with van der Waals surface area (Å²) in [5, 5.41) is 8.87. The molecule has 1 aliphatic rings. The molecule has 2 rings (SSSR count). The van der Waals surface area contributed by atoms with Crippen molar-refractivity contribution in [1.82, 2.24) is 14.9 Å². The van der Waals surface area contributed by atoms with Gasteiger partial charge in [0.15, 0.2) is 11.8 Å². The number of carbonyl (C=O) groups excluding carboxylic acids is 1. The van der Waals surface area contributed by atoms with Crippen molar-refractivity contribution < 1.29 is 9.53 Å². The molecule has 7 nitrogen and oxygen atoms in total. The maximum Gasteiger partial charge on any atom is 0.274 e. The van der Waals surface area contributed by atoms with Crippen LogP contribution in [0.2, 0.25) is 0 Å². The lowest BCUT2D eigenvalue weighted by atomic mass is 10.2. The summed E-state index contributed by atoms with van der Waals surface area (Å²) in [6, 6.07) is 2.00. The van der Waals surface area contributed by atoms with E-state index in [-0.39, 0.29) is 29.8 Å². The summed E-state index contributed by atoms with van der Waals surface area (Å²) >= 11 is 0. The first kappa shape index (κ1) is 14.2. The van der Waals surface area contributed by atoms with E-state index in [1.807, 2.05) is 19.9 Å². The summed E-state index contributed by atoms with van der Waals surface area (Å²) in [5.74, 6) is 0.404. The predicted octanol–water partition coefficient (Wildman–Crippen LogP) is 0.547. The zero-order valence-electron chi connectivity index (χ0n) is 11.5. The van der Waals surface area contributed by atoms with E-state index < -0.39 is 6.10 Å². The summed E-state index contributed by atoms with van der Waals surface area (Å²) in [6.45, 7) is 4.89. The molecule has 1 aliphatic heterocycles. The highest BCUT2D eigenvalue weighted by Gasteiger charge is 2.27. The number of amides is 1. The zero-order chi connectivity index (χ0) is 14.7. The van der Waals surface area contributed by atoms with Crippen LogP contribution in [-0.4, -0.2) is 46.6 Å². The van der Waals surface area contributed by atoms with Crippen molar-refractivity contribution in [3.63, 3.8) is 0 Å². The minimum Gasteiger partial charge on any atom is -0.396 e. The van der Waals surface area contributed by atoms with E-state index in [4.69, 9.17) is 15.7 Å². The molecule has 0 spiro atoms. The molecular weight excluding hydrogens is 258 g/mol. The van der Waals surface area contributed by atoms with E-state index >= 15 is 0 Å². The van der Waals surface area contributed by atoms with Crippen LogP contribution in [0.4, 0.5) is 5.69 Å². The van der Waals surface area contributed by atoms with Crippen molar-refractivity contribution in [2.45, 2.75) is 25.9 Å². The molecule has 20 heavy (non-hydrogen) atoms. The highest BCUT2D eigenvalue weighted by molar-refractivity contribution is 5.97. The number of aromatic nitrogens is 2. The lowest BCUT2D eigenvalue weighted by Crippen LogP contribution is -2.45. The van der Waals surface area contributed by atoms with Crippen LogP contribution >= 0.6 is 0 Å². The molecule has 2 heterocycles. The van der Waals surface area contributed by atoms with Gasteiger partial charge in [-0.05, 0) is 0 Å². The maximum absolute atomic E-state index is 12.4. The Balaban J connectivity index is 2.24. The van der Waals surface area contributed by atoms with Crippen molar-refractivity contribution in [3.05, 3.63) is 17.7 Å². The number of rotatable bonds is 2. The number of nitriles is 1. The van der Waals surface area contributed by atoms with Crippen LogP contribution in [0.5, 0.6) is 0 Å². The van der Waals surface area contributed by atoms with Crippen LogP contribution in [0.1, 0.15) is 36.1 Å². The number of morpholine rings is 1. The van der Waals surface area contributed by atoms with Gasteiger partial charge in [0.1, 0.15) is 5.82 Å². The molecule has 0 saturated carbocycles. The van der Waals surface area contributed by atoms with E-state index in [9.17, 15) is 4.79 Å². The van der Waals surface area contributed by atoms with Gasteiger partial charge in [0.25, 0.3) is 5.91 Å². The number of carbonyl (C=O) groups is 1. The lowest BCUT2D eigenvalue weighted by Gasteiger charge is -2.29. The Morgan fingerprint density at radius 3 is 3.05 bits per heavy atom. The fourth-order valence-corrected chi connectivity index (χ4v) is 1.92. The molecule has 0 aromatic carbocycles. The number of anilines is 1. The molecule has 1 atom stereocenters. The molecule has 0 radical (unpaired) electrons.